The summed E-state index contributed by atoms with van der Waals surface area (Å²) in [5.41, 5.74) is 3.99. The Bertz CT molecular complexity index is 1070. The van der Waals surface area contributed by atoms with E-state index in [1.807, 2.05) is 51.7 Å². The number of nitrogens with zero attached hydrogens (tertiary/aromatic N) is 2. The third-order valence-corrected chi connectivity index (χ3v) is 5.62. The average molecular weight is 421 g/mol. The van der Waals surface area contributed by atoms with E-state index in [4.69, 9.17) is 0 Å². The smallest absolute Gasteiger partial charge is 0.336 e. The molecule has 164 valence electrons. The van der Waals surface area contributed by atoms with Gasteiger partial charge in [0.05, 0.1) is 12.1 Å². The maximum absolute atomic E-state index is 13.0. The molecule has 0 amide bonds. The first kappa shape index (κ1) is 22.6. The normalized spacial score (nSPS) is 11.2. The Morgan fingerprint density at radius 2 is 1.77 bits per heavy atom. The zero-order chi connectivity index (χ0) is 22.4. The second-order valence-corrected chi connectivity index (χ2v) is 8.52. The number of unbranched alkanes of at least 4 members (excludes halogenated alkanes) is 1. The van der Waals surface area contributed by atoms with E-state index in [-0.39, 0.29) is 11.3 Å². The summed E-state index contributed by atoms with van der Waals surface area (Å²) in [6.45, 7) is 7.80. The minimum absolute atomic E-state index is 0.0486. The number of hydrogen-bond donors (Lipinski definition) is 1. The second kappa shape index (κ2) is 10.3. The molecule has 3 aromatic rings. The van der Waals surface area contributed by atoms with Crippen molar-refractivity contribution in [3.8, 4) is 11.1 Å². The molecule has 5 nitrogen and oxygen atoms in total. The van der Waals surface area contributed by atoms with Gasteiger partial charge in [-0.15, -0.1) is 0 Å². The number of aromatic nitrogens is 2. The van der Waals surface area contributed by atoms with Crippen LogP contribution in [0.1, 0.15) is 61.6 Å². The third kappa shape index (κ3) is 5.54. The van der Waals surface area contributed by atoms with Crippen molar-refractivity contribution in [3.05, 3.63) is 82.0 Å². The predicted octanol–water partition coefficient (Wildman–Crippen LogP) is 5.45. The number of aryl methyl sites for hydroxylation is 2. The Balaban J connectivity index is 1.87. The molecule has 0 aliphatic rings. The van der Waals surface area contributed by atoms with Crippen LogP contribution in [0.25, 0.3) is 11.1 Å². The molecule has 0 saturated carbocycles. The van der Waals surface area contributed by atoms with Crippen LogP contribution < -0.4 is 5.69 Å². The summed E-state index contributed by atoms with van der Waals surface area (Å²) in [6.07, 6.45) is 6.00. The van der Waals surface area contributed by atoms with Crippen molar-refractivity contribution in [3.63, 3.8) is 0 Å². The van der Waals surface area contributed by atoms with Crippen LogP contribution in [0.2, 0.25) is 0 Å². The molecule has 0 radical (unpaired) electrons. The van der Waals surface area contributed by atoms with Gasteiger partial charge < -0.3 is 5.11 Å². The highest BCUT2D eigenvalue weighted by molar-refractivity contribution is 5.95. The molecule has 0 saturated heterocycles. The van der Waals surface area contributed by atoms with Crippen molar-refractivity contribution < 1.29 is 9.90 Å². The Morgan fingerprint density at radius 3 is 2.42 bits per heavy atom. The van der Waals surface area contributed by atoms with Crippen molar-refractivity contribution in [1.29, 1.82) is 0 Å². The summed E-state index contributed by atoms with van der Waals surface area (Å²) < 4.78 is 3.73. The number of imidazole rings is 1. The van der Waals surface area contributed by atoms with Gasteiger partial charge in [0.25, 0.3) is 0 Å². The van der Waals surface area contributed by atoms with E-state index in [1.165, 1.54) is 0 Å². The highest BCUT2D eigenvalue weighted by Gasteiger charge is 2.14. The summed E-state index contributed by atoms with van der Waals surface area (Å²) in [5, 5.41) is 9.45. The van der Waals surface area contributed by atoms with Crippen molar-refractivity contribution >= 4 is 5.97 Å². The highest BCUT2D eigenvalue weighted by atomic mass is 16.4. The quantitative estimate of drug-likeness (QED) is 0.474. The van der Waals surface area contributed by atoms with Gasteiger partial charge in [-0.3, -0.25) is 9.13 Å². The highest BCUT2D eigenvalue weighted by Crippen LogP contribution is 2.24. The van der Waals surface area contributed by atoms with E-state index < -0.39 is 5.97 Å². The minimum atomic E-state index is -0.936. The van der Waals surface area contributed by atoms with Crippen LogP contribution in [0.3, 0.4) is 0 Å². The van der Waals surface area contributed by atoms with Crippen LogP contribution in [-0.2, 0) is 19.5 Å². The van der Waals surface area contributed by atoms with Gasteiger partial charge in [-0.05, 0) is 47.9 Å². The minimum Gasteiger partial charge on any atom is -0.478 e. The van der Waals surface area contributed by atoms with E-state index in [1.54, 1.807) is 12.1 Å². The molecule has 1 heterocycles. The lowest BCUT2D eigenvalue weighted by molar-refractivity contribution is 0.0697. The monoisotopic (exact) mass is 420 g/mol. The molecule has 31 heavy (non-hydrogen) atoms. The lowest BCUT2D eigenvalue weighted by Gasteiger charge is -2.10. The molecule has 0 aliphatic heterocycles. The summed E-state index contributed by atoms with van der Waals surface area (Å²) in [5.74, 6) is -0.356. The number of benzene rings is 2. The number of rotatable bonds is 10. The van der Waals surface area contributed by atoms with Crippen molar-refractivity contribution in [1.82, 2.24) is 9.13 Å². The van der Waals surface area contributed by atoms with Crippen LogP contribution in [0.4, 0.5) is 0 Å². The van der Waals surface area contributed by atoms with Gasteiger partial charge in [-0.1, -0.05) is 69.7 Å². The summed E-state index contributed by atoms with van der Waals surface area (Å²) in [4.78, 5) is 24.5. The van der Waals surface area contributed by atoms with E-state index >= 15 is 0 Å². The molecule has 0 bridgehead atoms. The first-order valence-corrected chi connectivity index (χ1v) is 11.1. The molecule has 1 aromatic heterocycles. The number of carbonyl (C=O) groups is 1. The number of hydrogen-bond acceptors (Lipinski definition) is 2. The van der Waals surface area contributed by atoms with E-state index in [0.29, 0.717) is 18.0 Å². The molecule has 0 atom stereocenters. The number of aromatic carboxylic acids is 1. The summed E-state index contributed by atoms with van der Waals surface area (Å²) >= 11 is 0. The van der Waals surface area contributed by atoms with Crippen LogP contribution in [0.15, 0.2) is 59.5 Å². The first-order chi connectivity index (χ1) is 14.9. The molecular weight excluding hydrogens is 388 g/mol. The fraction of sp³-hybridized carbons (Fsp3) is 0.385. The Labute approximate surface area is 184 Å². The Morgan fingerprint density at radius 1 is 1.06 bits per heavy atom. The molecule has 3 rings (SSSR count). The molecule has 5 heteroatoms. The SMILES string of the molecule is CCCCn1cc(CCC(C)C)n(Cc2ccc(-c3ccccc3C(=O)O)cc2)c1=O. The van der Waals surface area contributed by atoms with E-state index in [0.717, 1.165) is 49.0 Å². The molecule has 0 fully saturated rings. The van der Waals surface area contributed by atoms with Crippen LogP contribution in [-0.4, -0.2) is 20.2 Å². The van der Waals surface area contributed by atoms with E-state index in [2.05, 4.69) is 20.8 Å². The van der Waals surface area contributed by atoms with E-state index in [9.17, 15) is 14.7 Å². The fourth-order valence-corrected chi connectivity index (χ4v) is 3.77. The second-order valence-electron chi connectivity index (χ2n) is 8.52. The Kier molecular flexibility index (Phi) is 7.50. The van der Waals surface area contributed by atoms with Crippen LogP contribution in [0.5, 0.6) is 0 Å². The maximum atomic E-state index is 13.0. The van der Waals surface area contributed by atoms with Gasteiger partial charge in [-0.2, -0.15) is 0 Å². The van der Waals surface area contributed by atoms with Crippen LogP contribution in [0, 0.1) is 5.92 Å². The molecular formula is C26H32N2O3. The van der Waals surface area contributed by atoms with Gasteiger partial charge in [-0.25, -0.2) is 9.59 Å². The van der Waals surface area contributed by atoms with Crippen LogP contribution >= 0.6 is 0 Å². The Hall–Kier alpha value is -3.08. The predicted molar refractivity (Wildman–Crippen MR) is 125 cm³/mol. The average Bonchev–Trinajstić information content (AvgIpc) is 3.06. The zero-order valence-electron chi connectivity index (χ0n) is 18.7. The lowest BCUT2D eigenvalue weighted by Crippen LogP contribution is -2.25. The van der Waals surface area contributed by atoms with Gasteiger partial charge in [0.2, 0.25) is 0 Å². The number of carboxylic acids is 1. The maximum Gasteiger partial charge on any atom is 0.336 e. The molecule has 0 unspecified atom stereocenters. The molecule has 0 spiro atoms. The van der Waals surface area contributed by atoms with Gasteiger partial charge in [0, 0.05) is 18.4 Å². The van der Waals surface area contributed by atoms with Gasteiger partial charge in [0.1, 0.15) is 0 Å². The third-order valence-electron chi connectivity index (χ3n) is 5.62. The number of carboxylic acid groups (broad SMARTS) is 1. The molecule has 1 N–H and O–H groups in total. The molecule has 0 aliphatic carbocycles. The van der Waals surface area contributed by atoms with Gasteiger partial charge >= 0.3 is 11.7 Å². The first-order valence-electron chi connectivity index (χ1n) is 11.1. The van der Waals surface area contributed by atoms with Crippen molar-refractivity contribution in [2.45, 2.75) is 59.5 Å². The summed E-state index contributed by atoms with van der Waals surface area (Å²) in [7, 11) is 0. The topological polar surface area (TPSA) is 64.2 Å². The van der Waals surface area contributed by atoms with Crippen molar-refractivity contribution in [2.24, 2.45) is 5.92 Å². The summed E-state index contributed by atoms with van der Waals surface area (Å²) in [6, 6.07) is 14.8. The lowest BCUT2D eigenvalue weighted by atomic mass is 9.98. The van der Waals surface area contributed by atoms with Crippen molar-refractivity contribution in [2.75, 3.05) is 0 Å². The zero-order valence-corrected chi connectivity index (χ0v) is 18.7. The van der Waals surface area contributed by atoms with Gasteiger partial charge in [0.15, 0.2) is 0 Å². The fourth-order valence-electron chi connectivity index (χ4n) is 3.77. The molecule has 2 aromatic carbocycles. The standard InChI is InChI=1S/C26H32N2O3/c1-4-5-16-27-18-22(15-10-19(2)3)28(26(27)31)17-20-11-13-21(14-12-20)23-8-6-7-9-24(23)25(29)30/h6-9,11-14,18-19H,4-5,10,15-17H2,1-3H3,(H,29,30). The largest absolute Gasteiger partial charge is 0.478 e.